The molecule has 1 aliphatic rings. The lowest BCUT2D eigenvalue weighted by Gasteiger charge is -2.16. The summed E-state index contributed by atoms with van der Waals surface area (Å²) in [7, 11) is 0. The van der Waals surface area contributed by atoms with E-state index in [4.69, 9.17) is 10.5 Å². The molecule has 0 aromatic heterocycles. The molecule has 0 heterocycles. The highest BCUT2D eigenvalue weighted by Crippen LogP contribution is 2.30. The molecule has 0 aliphatic heterocycles. The molecule has 4 heteroatoms. The van der Waals surface area contributed by atoms with Crippen molar-refractivity contribution in [2.24, 2.45) is 5.92 Å². The maximum absolute atomic E-state index is 13.7. The summed E-state index contributed by atoms with van der Waals surface area (Å²) in [5.74, 6) is 0.564. The van der Waals surface area contributed by atoms with Crippen LogP contribution in [-0.4, -0.2) is 12.6 Å². The molecular weight excluding hydrogens is 243 g/mol. The summed E-state index contributed by atoms with van der Waals surface area (Å²) in [4.78, 5) is 0. The van der Waals surface area contributed by atoms with Crippen LogP contribution in [0.1, 0.15) is 39.5 Å². The quantitative estimate of drug-likeness (QED) is 0.797. The summed E-state index contributed by atoms with van der Waals surface area (Å²) < 4.78 is 19.1. The van der Waals surface area contributed by atoms with Gasteiger partial charge in [0.1, 0.15) is 0 Å². The Morgan fingerprint density at radius 2 is 2.05 bits per heavy atom. The molecule has 1 aromatic carbocycles. The van der Waals surface area contributed by atoms with Crippen molar-refractivity contribution >= 4 is 11.4 Å². The summed E-state index contributed by atoms with van der Waals surface area (Å²) in [5.41, 5.74) is 7.05. The minimum Gasteiger partial charge on any atom is -0.488 e. The lowest BCUT2D eigenvalue weighted by molar-refractivity contribution is 0.231. The summed E-state index contributed by atoms with van der Waals surface area (Å²) in [5, 5.41) is 3.32. The molecule has 0 amide bonds. The minimum atomic E-state index is -0.405. The molecule has 3 N–H and O–H groups in total. The zero-order chi connectivity index (χ0) is 13.8. The van der Waals surface area contributed by atoms with Crippen LogP contribution in [0.2, 0.25) is 0 Å². The second-order valence-corrected chi connectivity index (χ2v) is 5.57. The van der Waals surface area contributed by atoms with Crippen molar-refractivity contribution in [3.8, 4) is 5.75 Å². The highest BCUT2D eigenvalue weighted by atomic mass is 19.1. The predicted molar refractivity (Wildman–Crippen MR) is 77.0 cm³/mol. The number of halogens is 1. The zero-order valence-corrected chi connectivity index (χ0v) is 11.7. The smallest absolute Gasteiger partial charge is 0.167 e. The second-order valence-electron chi connectivity index (χ2n) is 5.57. The van der Waals surface area contributed by atoms with Gasteiger partial charge in [-0.25, -0.2) is 4.39 Å². The average Bonchev–Trinajstić information content (AvgIpc) is 2.83. The molecule has 19 heavy (non-hydrogen) atoms. The van der Waals surface area contributed by atoms with E-state index >= 15 is 0 Å². The van der Waals surface area contributed by atoms with Crippen LogP contribution in [0.4, 0.5) is 15.8 Å². The molecule has 0 spiro atoms. The first-order chi connectivity index (χ1) is 9.06. The molecular formula is C15H23FN2O. The Labute approximate surface area is 114 Å². The molecule has 0 saturated heterocycles. The number of anilines is 2. The van der Waals surface area contributed by atoms with Gasteiger partial charge in [0.2, 0.25) is 0 Å². The molecule has 0 bridgehead atoms. The number of benzene rings is 1. The van der Waals surface area contributed by atoms with Gasteiger partial charge in [-0.2, -0.15) is 0 Å². The molecule has 3 nitrogen and oxygen atoms in total. The SMILES string of the molecule is CC(C)Oc1cc(NCC2CCCC2)c(N)cc1F. The fourth-order valence-electron chi connectivity index (χ4n) is 2.53. The van der Waals surface area contributed by atoms with E-state index in [9.17, 15) is 4.39 Å². The van der Waals surface area contributed by atoms with Gasteiger partial charge in [0.05, 0.1) is 17.5 Å². The lowest BCUT2D eigenvalue weighted by Crippen LogP contribution is -2.13. The number of nitrogens with one attached hydrogen (secondary N) is 1. The van der Waals surface area contributed by atoms with Crippen LogP contribution in [0, 0.1) is 11.7 Å². The number of rotatable bonds is 5. The molecule has 0 radical (unpaired) electrons. The first kappa shape index (κ1) is 14.0. The Kier molecular flexibility index (Phi) is 4.51. The third-order valence-electron chi connectivity index (χ3n) is 3.52. The summed E-state index contributed by atoms with van der Waals surface area (Å²) in [6.07, 6.45) is 5.10. The molecule has 1 aliphatic carbocycles. The van der Waals surface area contributed by atoms with Crippen LogP contribution in [0.3, 0.4) is 0 Å². The molecule has 106 valence electrons. The third-order valence-corrected chi connectivity index (χ3v) is 3.52. The van der Waals surface area contributed by atoms with Crippen LogP contribution in [0.15, 0.2) is 12.1 Å². The van der Waals surface area contributed by atoms with Gasteiger partial charge in [0, 0.05) is 18.7 Å². The van der Waals surface area contributed by atoms with Gasteiger partial charge in [-0.15, -0.1) is 0 Å². The van der Waals surface area contributed by atoms with Crippen LogP contribution >= 0.6 is 0 Å². The zero-order valence-electron chi connectivity index (χ0n) is 11.7. The largest absolute Gasteiger partial charge is 0.488 e. The highest BCUT2D eigenvalue weighted by Gasteiger charge is 2.16. The van der Waals surface area contributed by atoms with Crippen LogP contribution in [0.25, 0.3) is 0 Å². The van der Waals surface area contributed by atoms with Gasteiger partial charge in [0.25, 0.3) is 0 Å². The number of hydrogen-bond donors (Lipinski definition) is 2. The summed E-state index contributed by atoms with van der Waals surface area (Å²) in [6, 6.07) is 2.99. The van der Waals surface area contributed by atoms with Crippen molar-refractivity contribution in [3.63, 3.8) is 0 Å². The topological polar surface area (TPSA) is 47.3 Å². The van der Waals surface area contributed by atoms with E-state index in [0.29, 0.717) is 11.6 Å². The molecule has 0 unspecified atom stereocenters. The maximum Gasteiger partial charge on any atom is 0.167 e. The van der Waals surface area contributed by atoms with E-state index in [1.54, 1.807) is 6.07 Å². The molecule has 0 atom stereocenters. The molecule has 1 aromatic rings. The van der Waals surface area contributed by atoms with Crippen molar-refractivity contribution in [2.75, 3.05) is 17.6 Å². The van der Waals surface area contributed by atoms with E-state index in [2.05, 4.69) is 5.32 Å². The van der Waals surface area contributed by atoms with E-state index in [1.165, 1.54) is 31.7 Å². The van der Waals surface area contributed by atoms with E-state index in [0.717, 1.165) is 12.2 Å². The van der Waals surface area contributed by atoms with Crippen molar-refractivity contribution in [1.29, 1.82) is 0 Å². The van der Waals surface area contributed by atoms with Gasteiger partial charge in [0.15, 0.2) is 11.6 Å². The van der Waals surface area contributed by atoms with Crippen LogP contribution in [-0.2, 0) is 0 Å². The fraction of sp³-hybridized carbons (Fsp3) is 0.600. The number of nitrogens with two attached hydrogens (primary N) is 1. The Bertz CT molecular complexity index is 428. The maximum atomic E-state index is 13.7. The Morgan fingerprint density at radius 3 is 2.68 bits per heavy atom. The van der Waals surface area contributed by atoms with Gasteiger partial charge in [-0.05, 0) is 32.6 Å². The first-order valence-electron chi connectivity index (χ1n) is 7.06. The highest BCUT2D eigenvalue weighted by molar-refractivity contribution is 5.68. The number of ether oxygens (including phenoxy) is 1. The third kappa shape index (κ3) is 3.75. The Balaban J connectivity index is 2.05. The van der Waals surface area contributed by atoms with Crippen molar-refractivity contribution in [2.45, 2.75) is 45.6 Å². The van der Waals surface area contributed by atoms with E-state index in [1.807, 2.05) is 13.8 Å². The Morgan fingerprint density at radius 1 is 1.37 bits per heavy atom. The fourth-order valence-corrected chi connectivity index (χ4v) is 2.53. The van der Waals surface area contributed by atoms with Crippen molar-refractivity contribution < 1.29 is 9.13 Å². The summed E-state index contributed by atoms with van der Waals surface area (Å²) in [6.45, 7) is 4.65. The standard InChI is InChI=1S/C15H23FN2O/c1-10(2)19-15-8-14(13(17)7-12(15)16)18-9-11-5-3-4-6-11/h7-8,10-11,18H,3-6,9,17H2,1-2H3. The van der Waals surface area contributed by atoms with Gasteiger partial charge in [-0.3, -0.25) is 0 Å². The summed E-state index contributed by atoms with van der Waals surface area (Å²) >= 11 is 0. The first-order valence-corrected chi connectivity index (χ1v) is 7.06. The van der Waals surface area contributed by atoms with Gasteiger partial charge < -0.3 is 15.8 Å². The average molecular weight is 266 g/mol. The normalized spacial score (nSPS) is 16.0. The molecule has 2 rings (SSSR count). The lowest BCUT2D eigenvalue weighted by atomic mass is 10.1. The van der Waals surface area contributed by atoms with Gasteiger partial charge >= 0.3 is 0 Å². The van der Waals surface area contributed by atoms with E-state index < -0.39 is 5.82 Å². The minimum absolute atomic E-state index is 0.0548. The van der Waals surface area contributed by atoms with E-state index in [-0.39, 0.29) is 11.9 Å². The molecule has 1 fully saturated rings. The number of hydrogen-bond acceptors (Lipinski definition) is 3. The predicted octanol–water partition coefficient (Wildman–Crippen LogP) is 3.80. The number of nitrogen functional groups attached to an aromatic ring is 1. The van der Waals surface area contributed by atoms with Crippen LogP contribution in [0.5, 0.6) is 5.75 Å². The Hall–Kier alpha value is -1.45. The monoisotopic (exact) mass is 266 g/mol. The second kappa shape index (κ2) is 6.13. The van der Waals surface area contributed by atoms with Crippen molar-refractivity contribution in [3.05, 3.63) is 17.9 Å². The van der Waals surface area contributed by atoms with Crippen LogP contribution < -0.4 is 15.8 Å². The van der Waals surface area contributed by atoms with Gasteiger partial charge in [-0.1, -0.05) is 12.8 Å². The van der Waals surface area contributed by atoms with Crippen molar-refractivity contribution in [1.82, 2.24) is 0 Å². The molecule has 1 saturated carbocycles.